The molecule has 5 nitrogen and oxygen atoms in total. The number of benzene rings is 2. The van der Waals surface area contributed by atoms with Crippen LogP contribution in [0.4, 0.5) is 26.3 Å². The van der Waals surface area contributed by atoms with Gasteiger partial charge >= 0.3 is 24.1 Å². The van der Waals surface area contributed by atoms with Crippen molar-refractivity contribution in [3.63, 3.8) is 0 Å². The van der Waals surface area contributed by atoms with Gasteiger partial charge in [0.05, 0.1) is 17.4 Å². The van der Waals surface area contributed by atoms with Gasteiger partial charge in [-0.3, -0.25) is 4.79 Å². The maximum Gasteiger partial charge on any atom is 0.573 e. The van der Waals surface area contributed by atoms with E-state index in [9.17, 15) is 35.9 Å². The number of halogens is 6. The van der Waals surface area contributed by atoms with Crippen molar-refractivity contribution in [2.75, 3.05) is 12.4 Å². The van der Waals surface area contributed by atoms with Gasteiger partial charge in [0.2, 0.25) is 0 Å². The van der Waals surface area contributed by atoms with Crippen molar-refractivity contribution in [2.24, 2.45) is 11.8 Å². The molecule has 0 aliphatic rings. The first-order valence-corrected chi connectivity index (χ1v) is 14.0. The maximum atomic E-state index is 13.5. The number of carbonyl (C=O) groups is 1. The van der Waals surface area contributed by atoms with Gasteiger partial charge in [0.15, 0.2) is 0 Å². The van der Waals surface area contributed by atoms with E-state index in [-0.39, 0.29) is 16.7 Å². The fraction of sp³-hybridized carbons (Fsp3) is 0.448. The Labute approximate surface area is 237 Å². The second-order valence-electron chi connectivity index (χ2n) is 9.82. The molecule has 3 aromatic rings. The molecule has 0 aliphatic heterocycles. The van der Waals surface area contributed by atoms with Gasteiger partial charge in [-0.15, -0.1) is 24.9 Å². The monoisotopic (exact) mass is 604 g/mol. The number of ether oxygens (including phenoxy) is 2. The van der Waals surface area contributed by atoms with Crippen LogP contribution in [-0.4, -0.2) is 30.9 Å². The smallest absolute Gasteiger partial charge is 0.465 e. The van der Waals surface area contributed by atoms with E-state index >= 15 is 0 Å². The highest BCUT2D eigenvalue weighted by Crippen LogP contribution is 2.36. The largest absolute Gasteiger partial charge is 0.573 e. The van der Waals surface area contributed by atoms with Crippen molar-refractivity contribution in [1.82, 2.24) is 0 Å². The lowest BCUT2D eigenvalue weighted by Gasteiger charge is -2.20. The van der Waals surface area contributed by atoms with E-state index in [2.05, 4.69) is 4.74 Å². The first-order chi connectivity index (χ1) is 19.2. The Morgan fingerprint density at radius 3 is 2.34 bits per heavy atom. The Hall–Kier alpha value is -3.15. The lowest BCUT2D eigenvalue weighted by Crippen LogP contribution is -2.31. The highest BCUT2D eigenvalue weighted by molar-refractivity contribution is 7.99. The molecule has 1 unspecified atom stereocenters. The summed E-state index contributed by atoms with van der Waals surface area (Å²) >= 11 is 0.837. The predicted molar refractivity (Wildman–Crippen MR) is 144 cm³/mol. The topological polar surface area (TPSA) is 65.7 Å². The molecule has 1 atom stereocenters. The van der Waals surface area contributed by atoms with Crippen LogP contribution in [0.5, 0.6) is 5.75 Å². The molecule has 0 fully saturated rings. The number of aryl methyl sites for hydroxylation is 1. The Morgan fingerprint density at radius 2 is 1.71 bits per heavy atom. The summed E-state index contributed by atoms with van der Waals surface area (Å²) < 4.78 is 94.4. The number of alkyl halides is 6. The number of hydrogen-bond donors (Lipinski definition) is 0. The van der Waals surface area contributed by atoms with E-state index < -0.39 is 54.1 Å². The van der Waals surface area contributed by atoms with E-state index in [1.54, 1.807) is 6.07 Å². The van der Waals surface area contributed by atoms with Gasteiger partial charge in [0.25, 0.3) is 0 Å². The molecule has 0 spiro atoms. The third-order valence-electron chi connectivity index (χ3n) is 6.15. The summed E-state index contributed by atoms with van der Waals surface area (Å²) in [6.45, 7) is 4.22. The fourth-order valence-corrected chi connectivity index (χ4v) is 4.92. The summed E-state index contributed by atoms with van der Waals surface area (Å²) in [5, 5.41) is 0.354. The quantitative estimate of drug-likeness (QED) is 0.0679. The van der Waals surface area contributed by atoms with E-state index in [4.69, 9.17) is 9.15 Å². The van der Waals surface area contributed by atoms with Crippen LogP contribution >= 0.6 is 11.8 Å². The Morgan fingerprint density at radius 1 is 0.976 bits per heavy atom. The van der Waals surface area contributed by atoms with E-state index in [1.807, 2.05) is 6.92 Å². The Kier molecular flexibility index (Phi) is 10.8. The molecule has 0 N–H and O–H groups in total. The number of hydrogen-bond acceptors (Lipinski definition) is 6. The maximum absolute atomic E-state index is 13.5. The van der Waals surface area contributed by atoms with Crippen molar-refractivity contribution >= 4 is 28.7 Å². The molecule has 3 rings (SSSR count). The van der Waals surface area contributed by atoms with Crippen molar-refractivity contribution < 1.29 is 45.0 Å². The third kappa shape index (κ3) is 9.44. The van der Waals surface area contributed by atoms with Crippen LogP contribution in [0.25, 0.3) is 22.1 Å². The molecule has 12 heteroatoms. The van der Waals surface area contributed by atoms with Gasteiger partial charge in [0.1, 0.15) is 17.9 Å². The van der Waals surface area contributed by atoms with Crippen LogP contribution in [0.2, 0.25) is 0 Å². The number of thioether (sulfide) groups is 1. The van der Waals surface area contributed by atoms with Gasteiger partial charge in [-0.05, 0) is 42.7 Å². The average molecular weight is 605 g/mol. The van der Waals surface area contributed by atoms with Gasteiger partial charge in [-0.2, -0.15) is 13.2 Å². The van der Waals surface area contributed by atoms with E-state index in [0.29, 0.717) is 22.3 Å². The minimum Gasteiger partial charge on any atom is -0.465 e. The average Bonchev–Trinajstić information content (AvgIpc) is 2.86. The molecule has 2 aromatic carbocycles. The van der Waals surface area contributed by atoms with Gasteiger partial charge in [0, 0.05) is 21.6 Å². The van der Waals surface area contributed by atoms with Crippen LogP contribution in [-0.2, 0) is 16.0 Å². The normalized spacial score (nSPS) is 13.0. The summed E-state index contributed by atoms with van der Waals surface area (Å²) in [6, 6.07) is 10.0. The lowest BCUT2D eigenvalue weighted by molar-refractivity contribution is -0.274. The zero-order chi connectivity index (χ0) is 30.4. The molecule has 0 saturated carbocycles. The van der Waals surface area contributed by atoms with E-state index in [1.165, 1.54) is 50.2 Å². The molecule has 0 aliphatic carbocycles. The van der Waals surface area contributed by atoms with E-state index in [0.717, 1.165) is 31.0 Å². The minimum atomic E-state index is -4.98. The molecule has 1 aromatic heterocycles. The van der Waals surface area contributed by atoms with Crippen molar-refractivity contribution in [1.29, 1.82) is 0 Å². The minimum absolute atomic E-state index is 0.0491. The molecule has 0 radical (unpaired) electrons. The SMILES string of the molecule is CCCCCc1ccc(-c2cc3ccc(SCC(COC(=O)C(C)C)C(F)(F)F)cc3oc2=O)c(OC(F)(F)F)c1. The highest BCUT2D eigenvalue weighted by Gasteiger charge is 2.40. The lowest BCUT2D eigenvalue weighted by atomic mass is 10.00. The van der Waals surface area contributed by atoms with Crippen molar-refractivity contribution in [3.05, 3.63) is 58.4 Å². The third-order valence-corrected chi connectivity index (χ3v) is 7.31. The Bertz CT molecular complexity index is 1400. The number of rotatable bonds is 12. The molecule has 0 saturated heterocycles. The molecular formula is C29H30F6O5S. The van der Waals surface area contributed by atoms with Crippen molar-refractivity contribution in [2.45, 2.75) is 63.9 Å². The molecule has 41 heavy (non-hydrogen) atoms. The zero-order valence-electron chi connectivity index (χ0n) is 22.7. The summed E-state index contributed by atoms with van der Waals surface area (Å²) in [6.07, 6.45) is -6.41. The summed E-state index contributed by atoms with van der Waals surface area (Å²) in [5.41, 5.74) is -0.502. The second kappa shape index (κ2) is 13.7. The summed E-state index contributed by atoms with van der Waals surface area (Å²) in [4.78, 5) is 24.8. The standard InChI is InChI=1S/C29H30F6O5S/c1-4-5-6-7-18-8-11-22(25(12-18)40-29(33,34)35)23-13-19-9-10-21(14-24(19)39-27(23)37)41-16-20(28(30,31)32)15-38-26(36)17(2)3/h8-14,17,20H,4-7,15-16H2,1-3H3. The molecule has 0 amide bonds. The fourth-order valence-electron chi connectivity index (χ4n) is 3.89. The molecular weight excluding hydrogens is 574 g/mol. The Balaban J connectivity index is 1.87. The van der Waals surface area contributed by atoms with Crippen molar-refractivity contribution in [3.8, 4) is 16.9 Å². The predicted octanol–water partition coefficient (Wildman–Crippen LogP) is 8.56. The van der Waals surface area contributed by atoms with Crippen LogP contribution in [0.15, 0.2) is 56.6 Å². The van der Waals surface area contributed by atoms with Crippen LogP contribution in [0.1, 0.15) is 45.6 Å². The van der Waals surface area contributed by atoms with Crippen LogP contribution in [0, 0.1) is 11.8 Å². The van der Waals surface area contributed by atoms with Gasteiger partial charge < -0.3 is 13.9 Å². The number of esters is 1. The van der Waals surface area contributed by atoms with Crippen LogP contribution in [0.3, 0.4) is 0 Å². The molecule has 1 heterocycles. The summed E-state index contributed by atoms with van der Waals surface area (Å²) in [7, 11) is 0. The number of carbonyl (C=O) groups excluding carboxylic acids is 1. The summed E-state index contributed by atoms with van der Waals surface area (Å²) in [5.74, 6) is -4.20. The van der Waals surface area contributed by atoms with Crippen LogP contribution < -0.4 is 10.4 Å². The first kappa shape index (κ1) is 32.4. The van der Waals surface area contributed by atoms with Gasteiger partial charge in [-0.25, -0.2) is 4.79 Å². The molecule has 224 valence electrons. The second-order valence-corrected chi connectivity index (χ2v) is 10.9. The number of unbranched alkanes of at least 4 members (excludes halogenated alkanes) is 2. The van der Waals surface area contributed by atoms with Gasteiger partial charge in [-0.1, -0.05) is 51.8 Å². The zero-order valence-corrected chi connectivity index (χ0v) is 23.5. The number of fused-ring (bicyclic) bond motifs is 1. The first-order valence-electron chi connectivity index (χ1n) is 13.0. The highest BCUT2D eigenvalue weighted by atomic mass is 32.2. The molecule has 0 bridgehead atoms.